The summed E-state index contributed by atoms with van der Waals surface area (Å²) in [6, 6.07) is 15.9. The maximum atomic E-state index is 11.1. The Labute approximate surface area is 142 Å². The number of aromatic hydroxyl groups is 1. The zero-order valence-electron chi connectivity index (χ0n) is 12.9. The monoisotopic (exact) mass is 341 g/mol. The first-order valence-electron chi connectivity index (χ1n) is 7.18. The number of hydrogen-bond acceptors (Lipinski definition) is 5. The van der Waals surface area contributed by atoms with Crippen molar-refractivity contribution in [1.29, 1.82) is 0 Å². The van der Waals surface area contributed by atoms with Crippen LogP contribution >= 0.6 is 11.8 Å². The summed E-state index contributed by atoms with van der Waals surface area (Å²) in [4.78, 5) is 15.0. The molecule has 0 radical (unpaired) electrons. The smallest absolute Gasteiger partial charge is 0.452 e. The Morgan fingerprint density at radius 2 is 2.04 bits per heavy atom. The Kier molecular flexibility index (Phi) is 4.81. The summed E-state index contributed by atoms with van der Waals surface area (Å²) in [5, 5.41) is 17.8. The highest BCUT2D eigenvalue weighted by Crippen LogP contribution is 2.37. The van der Waals surface area contributed by atoms with Crippen LogP contribution in [0.2, 0.25) is 0 Å². The Morgan fingerprint density at radius 1 is 1.25 bits per heavy atom. The minimum absolute atomic E-state index is 0.136. The third-order valence-corrected chi connectivity index (χ3v) is 4.44. The zero-order chi connectivity index (χ0) is 16.9. The molecular weight excluding hydrogens is 326 g/mol. The SMILES string of the molecule is COC(=O)N=Nc1c(O)[nH]c2cc(SCc3ccccc3)ccc12. The van der Waals surface area contributed by atoms with Gasteiger partial charge >= 0.3 is 6.09 Å². The number of thioether (sulfide) groups is 1. The molecule has 1 aromatic heterocycles. The number of nitrogens with zero attached hydrogens (tertiary/aromatic N) is 2. The maximum absolute atomic E-state index is 11.1. The van der Waals surface area contributed by atoms with Crippen LogP contribution in [-0.2, 0) is 10.5 Å². The number of azo groups is 1. The van der Waals surface area contributed by atoms with E-state index < -0.39 is 6.09 Å². The molecule has 1 amide bonds. The standard InChI is InChI=1S/C17H15N3O3S/c1-23-17(22)20-19-15-13-8-7-12(9-14(13)18-16(15)21)24-10-11-5-3-2-4-6-11/h2-9,18,21H,10H2,1H3. The minimum Gasteiger partial charge on any atom is -0.493 e. The minimum atomic E-state index is -0.821. The average molecular weight is 341 g/mol. The van der Waals surface area contributed by atoms with E-state index in [0.717, 1.165) is 16.2 Å². The topological polar surface area (TPSA) is 87.0 Å². The van der Waals surface area contributed by atoms with Crippen molar-refractivity contribution in [3.05, 3.63) is 54.1 Å². The molecule has 0 fully saturated rings. The number of ether oxygens (including phenoxy) is 1. The molecule has 0 aliphatic heterocycles. The molecule has 2 aromatic carbocycles. The van der Waals surface area contributed by atoms with Crippen molar-refractivity contribution < 1.29 is 14.6 Å². The fourth-order valence-electron chi connectivity index (χ4n) is 2.21. The first-order chi connectivity index (χ1) is 11.7. The number of benzene rings is 2. The first-order valence-corrected chi connectivity index (χ1v) is 8.17. The Balaban J connectivity index is 1.82. The van der Waals surface area contributed by atoms with Gasteiger partial charge in [0, 0.05) is 16.0 Å². The molecule has 2 N–H and O–H groups in total. The van der Waals surface area contributed by atoms with Crippen molar-refractivity contribution in [3.8, 4) is 5.88 Å². The van der Waals surface area contributed by atoms with Crippen molar-refractivity contribution in [1.82, 2.24) is 4.98 Å². The Morgan fingerprint density at radius 3 is 2.79 bits per heavy atom. The van der Waals surface area contributed by atoms with E-state index in [0.29, 0.717) is 5.39 Å². The van der Waals surface area contributed by atoms with Crippen LogP contribution in [0.5, 0.6) is 5.88 Å². The number of amides is 1. The molecule has 0 atom stereocenters. The fourth-order valence-corrected chi connectivity index (χ4v) is 3.10. The Bertz CT molecular complexity index is 891. The number of rotatable bonds is 4. The van der Waals surface area contributed by atoms with Gasteiger partial charge in [0.15, 0.2) is 5.69 Å². The van der Waals surface area contributed by atoms with E-state index in [1.165, 1.54) is 12.7 Å². The molecule has 0 spiro atoms. The molecule has 24 heavy (non-hydrogen) atoms. The van der Waals surface area contributed by atoms with Gasteiger partial charge in [0.05, 0.1) is 12.6 Å². The number of carbonyl (C=O) groups is 1. The summed E-state index contributed by atoms with van der Waals surface area (Å²) < 4.78 is 4.40. The first kappa shape index (κ1) is 16.1. The third-order valence-electron chi connectivity index (χ3n) is 3.38. The van der Waals surface area contributed by atoms with Crippen molar-refractivity contribution in [2.45, 2.75) is 10.6 Å². The highest BCUT2D eigenvalue weighted by atomic mass is 32.2. The summed E-state index contributed by atoms with van der Waals surface area (Å²) in [6.07, 6.45) is -0.821. The second-order valence-electron chi connectivity index (χ2n) is 4.97. The molecule has 0 aliphatic carbocycles. The number of aromatic nitrogens is 1. The molecule has 7 heteroatoms. The summed E-state index contributed by atoms with van der Waals surface area (Å²) >= 11 is 1.70. The lowest BCUT2D eigenvalue weighted by Gasteiger charge is -2.02. The van der Waals surface area contributed by atoms with Crippen LogP contribution in [0.25, 0.3) is 10.9 Å². The van der Waals surface area contributed by atoms with Gasteiger partial charge in [0.1, 0.15) is 0 Å². The maximum Gasteiger partial charge on any atom is 0.452 e. The Hall–Kier alpha value is -2.80. The van der Waals surface area contributed by atoms with E-state index in [1.54, 1.807) is 11.8 Å². The number of fused-ring (bicyclic) bond motifs is 1. The van der Waals surface area contributed by atoms with Gasteiger partial charge in [0.2, 0.25) is 5.88 Å². The lowest BCUT2D eigenvalue weighted by atomic mass is 10.2. The number of H-pyrrole nitrogens is 1. The van der Waals surface area contributed by atoms with E-state index in [-0.39, 0.29) is 11.6 Å². The number of aromatic amines is 1. The highest BCUT2D eigenvalue weighted by Gasteiger charge is 2.12. The normalized spacial score (nSPS) is 11.2. The zero-order valence-corrected chi connectivity index (χ0v) is 13.7. The van der Waals surface area contributed by atoms with Gasteiger partial charge in [-0.05, 0) is 23.8 Å². The molecule has 0 saturated heterocycles. The summed E-state index contributed by atoms with van der Waals surface area (Å²) in [5.74, 6) is 0.719. The summed E-state index contributed by atoms with van der Waals surface area (Å²) in [7, 11) is 1.21. The third kappa shape index (κ3) is 3.57. The van der Waals surface area contributed by atoms with Crippen LogP contribution in [0.3, 0.4) is 0 Å². The van der Waals surface area contributed by atoms with E-state index in [4.69, 9.17) is 0 Å². The van der Waals surface area contributed by atoms with Crippen molar-refractivity contribution in [2.75, 3.05) is 7.11 Å². The van der Waals surface area contributed by atoms with E-state index >= 15 is 0 Å². The van der Waals surface area contributed by atoms with Crippen molar-refractivity contribution in [2.24, 2.45) is 10.2 Å². The van der Waals surface area contributed by atoms with Gasteiger partial charge in [-0.25, -0.2) is 4.79 Å². The highest BCUT2D eigenvalue weighted by molar-refractivity contribution is 7.98. The molecule has 122 valence electrons. The van der Waals surface area contributed by atoms with Crippen LogP contribution in [0.1, 0.15) is 5.56 Å². The fraction of sp³-hybridized carbons (Fsp3) is 0.118. The van der Waals surface area contributed by atoms with Crippen LogP contribution in [0.4, 0.5) is 10.5 Å². The van der Waals surface area contributed by atoms with Crippen LogP contribution in [-0.4, -0.2) is 23.3 Å². The van der Waals surface area contributed by atoms with Crippen LogP contribution in [0.15, 0.2) is 63.7 Å². The average Bonchev–Trinajstić information content (AvgIpc) is 2.93. The predicted molar refractivity (Wildman–Crippen MR) is 92.9 cm³/mol. The van der Waals surface area contributed by atoms with Gasteiger partial charge in [0.25, 0.3) is 0 Å². The summed E-state index contributed by atoms with van der Waals surface area (Å²) in [5.41, 5.74) is 2.18. The molecular formula is C17H15N3O3S. The summed E-state index contributed by atoms with van der Waals surface area (Å²) in [6.45, 7) is 0. The predicted octanol–water partition coefficient (Wildman–Crippen LogP) is 5.02. The lowest BCUT2D eigenvalue weighted by molar-refractivity contribution is 0.181. The van der Waals surface area contributed by atoms with E-state index in [2.05, 4.69) is 32.1 Å². The molecule has 3 rings (SSSR count). The van der Waals surface area contributed by atoms with Gasteiger partial charge < -0.3 is 14.8 Å². The molecule has 3 aromatic rings. The number of carbonyl (C=O) groups excluding carboxylic acids is 1. The number of methoxy groups -OCH3 is 1. The number of nitrogens with one attached hydrogen (secondary N) is 1. The largest absolute Gasteiger partial charge is 0.493 e. The second-order valence-corrected chi connectivity index (χ2v) is 6.02. The van der Waals surface area contributed by atoms with Crippen LogP contribution < -0.4 is 0 Å². The molecule has 0 aliphatic rings. The molecule has 0 bridgehead atoms. The van der Waals surface area contributed by atoms with E-state index in [1.807, 2.05) is 36.4 Å². The van der Waals surface area contributed by atoms with Gasteiger partial charge in [-0.15, -0.1) is 16.9 Å². The quantitative estimate of drug-likeness (QED) is 0.515. The molecule has 1 heterocycles. The second kappa shape index (κ2) is 7.18. The van der Waals surface area contributed by atoms with Gasteiger partial charge in [-0.2, -0.15) is 0 Å². The molecule has 6 nitrogen and oxygen atoms in total. The van der Waals surface area contributed by atoms with Crippen molar-refractivity contribution >= 4 is 34.4 Å². The number of hydrogen-bond donors (Lipinski definition) is 2. The van der Waals surface area contributed by atoms with Crippen molar-refractivity contribution in [3.63, 3.8) is 0 Å². The van der Waals surface area contributed by atoms with Gasteiger partial charge in [-0.1, -0.05) is 35.4 Å². The molecule has 0 unspecified atom stereocenters. The van der Waals surface area contributed by atoms with Gasteiger partial charge in [-0.3, -0.25) is 0 Å². The lowest BCUT2D eigenvalue weighted by Crippen LogP contribution is -1.89. The van der Waals surface area contributed by atoms with E-state index in [9.17, 15) is 9.90 Å². The van der Waals surface area contributed by atoms with Crippen LogP contribution in [0, 0.1) is 0 Å². The molecule has 0 saturated carbocycles.